The maximum Gasteiger partial charge on any atom is 0.255 e. The molecule has 0 heterocycles. The van der Waals surface area contributed by atoms with Crippen molar-refractivity contribution in [2.45, 2.75) is 51.7 Å². The van der Waals surface area contributed by atoms with Crippen LogP contribution in [0.3, 0.4) is 0 Å². The molecule has 0 bridgehead atoms. The summed E-state index contributed by atoms with van der Waals surface area (Å²) < 4.78 is 5.78. The van der Waals surface area contributed by atoms with Gasteiger partial charge >= 0.3 is 0 Å². The fourth-order valence-corrected chi connectivity index (χ4v) is 2.64. The highest BCUT2D eigenvalue weighted by Gasteiger charge is 2.24. The predicted molar refractivity (Wildman–Crippen MR) is 87.6 cm³/mol. The summed E-state index contributed by atoms with van der Waals surface area (Å²) in [5.41, 5.74) is -0.500. The summed E-state index contributed by atoms with van der Waals surface area (Å²) in [6, 6.07) is 5.19. The first-order valence-corrected chi connectivity index (χ1v) is 8.16. The fraction of sp³-hybridized carbons (Fsp3) is 0.588. The lowest BCUT2D eigenvalue weighted by Crippen LogP contribution is -2.42. The molecule has 0 aromatic heterocycles. The Morgan fingerprint density at radius 2 is 2.14 bits per heavy atom. The average Bonchev–Trinajstić information content (AvgIpc) is 2.38. The first kappa shape index (κ1) is 17.1. The van der Waals surface area contributed by atoms with E-state index in [1.165, 1.54) is 6.42 Å². The second-order valence-electron chi connectivity index (χ2n) is 6.44. The second-order valence-corrected chi connectivity index (χ2v) is 6.85. The normalized spacial score (nSPS) is 15.3. The van der Waals surface area contributed by atoms with Crippen LogP contribution in [0, 0.1) is 0 Å². The largest absolute Gasteiger partial charge is 0.490 e. The maximum atomic E-state index is 12.6. The number of carbonyl (C=O) groups is 1. The Morgan fingerprint density at radius 1 is 1.45 bits per heavy atom. The van der Waals surface area contributed by atoms with Gasteiger partial charge in [0.05, 0.1) is 22.3 Å². The van der Waals surface area contributed by atoms with E-state index >= 15 is 0 Å². The Bertz CT molecular complexity index is 535. The number of halogens is 1. The lowest BCUT2D eigenvalue weighted by atomic mass is 9.96. The Kier molecular flexibility index (Phi) is 5.35. The number of amides is 1. The van der Waals surface area contributed by atoms with Crippen molar-refractivity contribution in [3.05, 3.63) is 28.8 Å². The molecular weight excluding hydrogens is 302 g/mol. The van der Waals surface area contributed by atoms with E-state index in [2.05, 4.69) is 0 Å². The molecule has 122 valence electrons. The molecule has 1 fully saturated rings. The molecule has 1 amide bonds. The van der Waals surface area contributed by atoms with E-state index in [9.17, 15) is 9.90 Å². The number of carbonyl (C=O) groups excluding carboxylic acids is 1. The van der Waals surface area contributed by atoms with Gasteiger partial charge in [-0.15, -0.1) is 0 Å². The number of likely N-dealkylation sites (N-methyl/N-ethyl adjacent to an activating group) is 1. The molecule has 1 saturated carbocycles. The van der Waals surface area contributed by atoms with Crippen molar-refractivity contribution < 1.29 is 14.6 Å². The Labute approximate surface area is 137 Å². The lowest BCUT2D eigenvalue weighted by molar-refractivity contribution is 0.0314. The lowest BCUT2D eigenvalue weighted by Gasteiger charge is -2.29. The number of hydrogen-bond acceptors (Lipinski definition) is 3. The summed E-state index contributed by atoms with van der Waals surface area (Å²) >= 11 is 6.25. The fourth-order valence-electron chi connectivity index (χ4n) is 2.39. The minimum atomic E-state index is -0.939. The standard InChI is InChI=1S/C17H24ClNO3/c1-4-19(11-17(2,3)21)16(20)14-9-8-13(10-15(14)18)22-12-6-5-7-12/h8-10,12,21H,4-7,11H2,1-3H3. The zero-order chi connectivity index (χ0) is 16.3. The smallest absolute Gasteiger partial charge is 0.255 e. The van der Waals surface area contributed by atoms with Crippen LogP contribution in [0.2, 0.25) is 5.02 Å². The third-order valence-electron chi connectivity index (χ3n) is 3.77. The quantitative estimate of drug-likeness (QED) is 0.870. The molecule has 0 spiro atoms. The van der Waals surface area contributed by atoms with Crippen LogP contribution < -0.4 is 4.74 Å². The average molecular weight is 326 g/mol. The van der Waals surface area contributed by atoms with Gasteiger partial charge in [-0.3, -0.25) is 4.79 Å². The van der Waals surface area contributed by atoms with E-state index in [0.717, 1.165) is 12.8 Å². The molecule has 0 radical (unpaired) electrons. The molecule has 0 unspecified atom stereocenters. The zero-order valence-electron chi connectivity index (χ0n) is 13.4. The number of rotatable bonds is 6. The summed E-state index contributed by atoms with van der Waals surface area (Å²) in [7, 11) is 0. The molecule has 0 atom stereocenters. The highest BCUT2D eigenvalue weighted by Crippen LogP contribution is 2.29. The van der Waals surface area contributed by atoms with E-state index in [1.807, 2.05) is 6.92 Å². The van der Waals surface area contributed by atoms with Crippen LogP contribution in [0.4, 0.5) is 0 Å². The highest BCUT2D eigenvalue weighted by atomic mass is 35.5. The molecule has 4 nitrogen and oxygen atoms in total. The minimum absolute atomic E-state index is 0.176. The molecule has 1 aliphatic rings. The van der Waals surface area contributed by atoms with Gasteiger partial charge in [0.1, 0.15) is 5.75 Å². The van der Waals surface area contributed by atoms with E-state index in [0.29, 0.717) is 22.9 Å². The van der Waals surface area contributed by atoms with Crippen molar-refractivity contribution in [1.29, 1.82) is 0 Å². The maximum absolute atomic E-state index is 12.6. The third-order valence-corrected chi connectivity index (χ3v) is 4.09. The number of nitrogens with zero attached hydrogens (tertiary/aromatic N) is 1. The van der Waals surface area contributed by atoms with E-state index < -0.39 is 5.60 Å². The molecule has 1 N–H and O–H groups in total. The van der Waals surface area contributed by atoms with Crippen LogP contribution in [-0.2, 0) is 0 Å². The van der Waals surface area contributed by atoms with Crippen LogP contribution >= 0.6 is 11.6 Å². The second kappa shape index (κ2) is 6.88. The predicted octanol–water partition coefficient (Wildman–Crippen LogP) is 3.50. The van der Waals surface area contributed by atoms with Crippen molar-refractivity contribution in [3.8, 4) is 5.75 Å². The summed E-state index contributed by atoms with van der Waals surface area (Å²) in [5.74, 6) is 0.529. The molecule has 22 heavy (non-hydrogen) atoms. The molecule has 0 saturated heterocycles. The molecule has 0 aliphatic heterocycles. The number of aliphatic hydroxyl groups is 1. The van der Waals surface area contributed by atoms with Crippen LogP contribution in [0.25, 0.3) is 0 Å². The van der Waals surface area contributed by atoms with Crippen LogP contribution in [0.1, 0.15) is 50.4 Å². The van der Waals surface area contributed by atoms with Crippen molar-refractivity contribution >= 4 is 17.5 Å². The van der Waals surface area contributed by atoms with Gasteiger partial charge in [-0.2, -0.15) is 0 Å². The van der Waals surface area contributed by atoms with Gasteiger partial charge in [0.2, 0.25) is 0 Å². The van der Waals surface area contributed by atoms with Gasteiger partial charge in [0.25, 0.3) is 5.91 Å². The van der Waals surface area contributed by atoms with E-state index in [-0.39, 0.29) is 18.6 Å². The summed E-state index contributed by atoms with van der Waals surface area (Å²) in [5, 5.41) is 10.3. The van der Waals surface area contributed by atoms with Crippen molar-refractivity contribution in [3.63, 3.8) is 0 Å². The van der Waals surface area contributed by atoms with Crippen LogP contribution in [0.5, 0.6) is 5.75 Å². The van der Waals surface area contributed by atoms with Crippen molar-refractivity contribution in [2.75, 3.05) is 13.1 Å². The monoisotopic (exact) mass is 325 g/mol. The van der Waals surface area contributed by atoms with E-state index in [4.69, 9.17) is 16.3 Å². The number of benzene rings is 1. The van der Waals surface area contributed by atoms with Crippen LogP contribution in [0.15, 0.2) is 18.2 Å². The highest BCUT2D eigenvalue weighted by molar-refractivity contribution is 6.34. The van der Waals surface area contributed by atoms with Crippen molar-refractivity contribution in [2.24, 2.45) is 0 Å². The molecule has 1 aromatic carbocycles. The van der Waals surface area contributed by atoms with Gasteiger partial charge < -0.3 is 14.7 Å². The van der Waals surface area contributed by atoms with Gasteiger partial charge in [-0.25, -0.2) is 0 Å². The summed E-state index contributed by atoms with van der Waals surface area (Å²) in [4.78, 5) is 14.2. The zero-order valence-corrected chi connectivity index (χ0v) is 14.2. The third kappa shape index (κ3) is 4.37. The van der Waals surface area contributed by atoms with Gasteiger partial charge in [0.15, 0.2) is 0 Å². The summed E-state index contributed by atoms with van der Waals surface area (Å²) in [6.07, 6.45) is 3.64. The van der Waals surface area contributed by atoms with E-state index in [1.54, 1.807) is 36.9 Å². The molecular formula is C17H24ClNO3. The Hall–Kier alpha value is -1.26. The SMILES string of the molecule is CCN(CC(C)(C)O)C(=O)c1ccc(OC2CCC2)cc1Cl. The van der Waals surface area contributed by atoms with Gasteiger partial charge in [-0.05, 0) is 58.2 Å². The minimum Gasteiger partial charge on any atom is -0.490 e. The first-order valence-electron chi connectivity index (χ1n) is 7.78. The summed E-state index contributed by atoms with van der Waals surface area (Å²) in [6.45, 7) is 6.02. The molecule has 2 rings (SSSR count). The Balaban J connectivity index is 2.11. The molecule has 5 heteroatoms. The Morgan fingerprint density at radius 3 is 2.59 bits per heavy atom. The number of hydrogen-bond donors (Lipinski definition) is 1. The molecule has 1 aromatic rings. The van der Waals surface area contributed by atoms with Gasteiger partial charge in [0, 0.05) is 13.1 Å². The molecule has 1 aliphatic carbocycles. The van der Waals surface area contributed by atoms with Gasteiger partial charge in [-0.1, -0.05) is 11.6 Å². The van der Waals surface area contributed by atoms with Crippen LogP contribution in [-0.4, -0.2) is 40.7 Å². The first-order chi connectivity index (χ1) is 10.3. The number of ether oxygens (including phenoxy) is 1. The topological polar surface area (TPSA) is 49.8 Å². The van der Waals surface area contributed by atoms with Crippen molar-refractivity contribution in [1.82, 2.24) is 4.90 Å².